The molecule has 3 aliphatic rings. The van der Waals surface area contributed by atoms with Crippen LogP contribution >= 0.6 is 0 Å². The van der Waals surface area contributed by atoms with Gasteiger partial charge < -0.3 is 16.0 Å². The second-order valence-corrected chi connectivity index (χ2v) is 22.5. The number of hydrogen-bond acceptors (Lipinski definition) is 19. The average Bonchev–Trinajstić information content (AvgIpc) is 3.62. The number of carbonyl (C=O) groups excluding carboxylic acids is 9. The van der Waals surface area contributed by atoms with Crippen LogP contribution in [-0.2, 0) is 62.4 Å². The van der Waals surface area contributed by atoms with E-state index in [1.807, 2.05) is 4.90 Å². The number of aromatic nitrogens is 6. The summed E-state index contributed by atoms with van der Waals surface area (Å²) in [6.07, 6.45) is -2.09. The summed E-state index contributed by atoms with van der Waals surface area (Å²) in [7, 11) is 0. The van der Waals surface area contributed by atoms with Crippen LogP contribution in [0.2, 0.25) is 0 Å². The van der Waals surface area contributed by atoms with E-state index in [0.717, 1.165) is 14.2 Å². The first-order valence-corrected chi connectivity index (χ1v) is 30.3. The first-order valence-electron chi connectivity index (χ1n) is 27.4. The number of nitrogens with zero attached hydrogens (tertiary/aromatic N) is 7. The first kappa shape index (κ1) is 65.7. The normalized spacial score (nSPS) is 21.2. The number of fused-ring (bicyclic) bond motifs is 36. The monoisotopic (exact) mass is 1220 g/mol. The van der Waals surface area contributed by atoms with Gasteiger partial charge in [0.2, 0.25) is 17.7 Å². The van der Waals surface area contributed by atoms with Crippen molar-refractivity contribution in [1.29, 1.82) is 0 Å². The fraction of sp³-hybridized carbons (Fsp3) is 0.588. The molecular weight excluding hydrogens is 1150 g/mol. The van der Waals surface area contributed by atoms with Crippen LogP contribution in [-0.4, -0.2) is 182 Å². The van der Waals surface area contributed by atoms with E-state index in [2.05, 4.69) is 62.8 Å². The maximum atomic E-state index is 14.4. The number of aryl methyl sites for hydroxylation is 6. The van der Waals surface area contributed by atoms with Crippen molar-refractivity contribution in [2.45, 2.75) is 138 Å². The van der Waals surface area contributed by atoms with Crippen LogP contribution in [0.3, 0.4) is 0 Å². The topological polar surface area (TPSA) is 397 Å². The third kappa shape index (κ3) is 19.8. The maximum absolute atomic E-state index is 14.4. The molecule has 0 radical (unpaired) electrons. The van der Waals surface area contributed by atoms with E-state index in [9.17, 15) is 57.5 Å². The Morgan fingerprint density at radius 2 is 0.627 bits per heavy atom. The summed E-state index contributed by atoms with van der Waals surface area (Å²) < 4.78 is 21.4. The standard InChI is InChI=1S/C51H75N16O15.Ga/c1-28-34(7)65(80)49(77)37(58-28)10-13-43(71)61-31(4)46(74)55-19-16-40(68)52-22-25-64(26-23-53-41(69)17-20-56-47(75)32(5)62-44(72)14-11-38-50(78)66(81)35(8)29(2)59-38)27-24-54-42(70)18-21-57-48(76)33(6)63-45(73)15-12-39-51(79)67(82)36(9)30(3)60-39;/h31-33H,10-27H2,1-9H3,(H,52,68)(H,53,69)(H,54,70)(H,55,74)(H,56,75)(H,57,76)(H,61,71)(H,62,72)(H,63,73);/q-3;+3/t31-,32-,33-;/m0./s1. The summed E-state index contributed by atoms with van der Waals surface area (Å²) in [6, 6.07) is -3.17. The van der Waals surface area contributed by atoms with Gasteiger partial charge in [-0.15, -0.1) is 0 Å². The quantitative estimate of drug-likeness (QED) is 0.0948. The van der Waals surface area contributed by atoms with Gasteiger partial charge in [-0.2, -0.15) is 0 Å². The number of nitrogens with one attached hydrogen (secondary N) is 9. The molecule has 3 aromatic heterocycles. The third-order valence-corrected chi connectivity index (χ3v) is 16.0. The minimum atomic E-state index is -4.92. The van der Waals surface area contributed by atoms with E-state index < -0.39 is 105 Å². The van der Waals surface area contributed by atoms with Gasteiger partial charge >= 0.3 is 374 Å². The molecule has 32 heteroatoms. The molecule has 0 unspecified atom stereocenters. The Morgan fingerprint density at radius 3 is 0.892 bits per heavy atom. The molecule has 8 bridgehead atoms. The summed E-state index contributed by atoms with van der Waals surface area (Å²) in [4.78, 5) is 176. The van der Waals surface area contributed by atoms with Gasteiger partial charge in [0.15, 0.2) is 0 Å². The van der Waals surface area contributed by atoms with Crippen LogP contribution in [0.15, 0.2) is 14.4 Å². The molecule has 0 aliphatic carbocycles. The molecule has 0 saturated carbocycles. The minimum absolute atomic E-state index is 0.0774. The van der Waals surface area contributed by atoms with Crippen molar-refractivity contribution < 1.29 is 54.0 Å². The van der Waals surface area contributed by atoms with Crippen LogP contribution in [0.1, 0.15) is 111 Å². The van der Waals surface area contributed by atoms with Crippen molar-refractivity contribution in [1.82, 2.24) is 81.9 Å². The van der Waals surface area contributed by atoms with Crippen molar-refractivity contribution in [3.63, 3.8) is 0 Å². The van der Waals surface area contributed by atoms with Crippen molar-refractivity contribution in [2.24, 2.45) is 0 Å². The van der Waals surface area contributed by atoms with Gasteiger partial charge in [-0.25, -0.2) is 0 Å². The molecule has 3 atom stereocenters. The fourth-order valence-electron chi connectivity index (χ4n) is 8.28. The van der Waals surface area contributed by atoms with Gasteiger partial charge in [-0.3, -0.25) is 19.3 Å². The zero-order valence-corrected chi connectivity index (χ0v) is 50.7. The number of hydrogen-bond donors (Lipinski definition) is 9. The van der Waals surface area contributed by atoms with Crippen LogP contribution < -0.4 is 75.4 Å². The molecule has 0 saturated heterocycles. The van der Waals surface area contributed by atoms with Crippen molar-refractivity contribution in [2.75, 3.05) is 58.9 Å². The van der Waals surface area contributed by atoms with Gasteiger partial charge in [0, 0.05) is 58.5 Å². The molecular formula is C51H75GaN16O15. The zero-order valence-electron chi connectivity index (χ0n) is 48.3. The predicted octanol–water partition coefficient (Wildman–Crippen LogP) is -5.61. The molecule has 0 aromatic carbocycles. The van der Waals surface area contributed by atoms with E-state index in [1.165, 1.54) is 41.5 Å². The Bertz CT molecular complexity index is 2790. The van der Waals surface area contributed by atoms with Crippen LogP contribution in [0.25, 0.3) is 0 Å². The first-order chi connectivity index (χ1) is 39.3. The van der Waals surface area contributed by atoms with Crippen molar-refractivity contribution >= 4 is 70.5 Å². The molecule has 9 amide bonds. The van der Waals surface area contributed by atoms with E-state index in [1.54, 1.807) is 20.8 Å². The molecule has 83 heavy (non-hydrogen) atoms. The Balaban J connectivity index is 1.57. The second-order valence-electron chi connectivity index (χ2n) is 20.0. The molecule has 0 fully saturated rings. The summed E-state index contributed by atoms with van der Waals surface area (Å²) in [5, 5.41) is 23.9. The molecule has 6 heterocycles. The van der Waals surface area contributed by atoms with Gasteiger partial charge in [0.1, 0.15) is 0 Å². The van der Waals surface area contributed by atoms with Gasteiger partial charge in [-0.05, 0) is 0 Å². The third-order valence-electron chi connectivity index (χ3n) is 13.5. The van der Waals surface area contributed by atoms with Crippen molar-refractivity contribution in [3.05, 3.63) is 82.3 Å². The van der Waals surface area contributed by atoms with Crippen molar-refractivity contribution in [3.8, 4) is 0 Å². The molecule has 6 rings (SSSR count). The molecule has 3 aromatic rings. The van der Waals surface area contributed by atoms with Crippen LogP contribution in [0.4, 0.5) is 0 Å². The Kier molecular flexibility index (Phi) is 24.8. The van der Waals surface area contributed by atoms with Crippen LogP contribution in [0.5, 0.6) is 0 Å². The summed E-state index contributed by atoms with van der Waals surface area (Å²) in [5.74, 6) is -4.84. The molecule has 452 valence electrons. The van der Waals surface area contributed by atoms with E-state index in [4.69, 9.17) is 10.9 Å². The van der Waals surface area contributed by atoms with Gasteiger partial charge in [-0.1, -0.05) is 0 Å². The number of carbonyl (C=O) groups is 9. The summed E-state index contributed by atoms with van der Waals surface area (Å²) >= 11 is -4.92. The van der Waals surface area contributed by atoms with E-state index >= 15 is 0 Å². The Morgan fingerprint density at radius 1 is 0.361 bits per heavy atom. The van der Waals surface area contributed by atoms with E-state index in [-0.39, 0.29) is 168 Å². The Labute approximate surface area is 484 Å². The molecule has 31 nitrogen and oxygen atoms in total. The SMILES string of the molecule is Cc1nc2c(=O)n(c1C)[O][Ga]1[O]n3c(C)c(C)nc(c3=O)CCC(=O)N[C@@H](C)C(=O)NCCC(=O)NCCN(CCNC(=O)CCNC(=O)[C@H](C)NC(=O)CC2)CCNC(=O)CCNC(=O)[C@H](C)NC(=O)CCc2nc(C)c(C)n(c2=O)[O]1. The molecule has 9 N–H and O–H groups in total. The average molecular weight is 1220 g/mol. The van der Waals surface area contributed by atoms with E-state index in [0.29, 0.717) is 0 Å². The predicted molar refractivity (Wildman–Crippen MR) is 296 cm³/mol. The molecule has 3 aliphatic heterocycles. The second kappa shape index (κ2) is 31.3. The fourth-order valence-corrected chi connectivity index (χ4v) is 11.2. The van der Waals surface area contributed by atoms with Gasteiger partial charge in [0.25, 0.3) is 0 Å². The number of rotatable bonds is 0. The number of amides is 9. The summed E-state index contributed by atoms with van der Waals surface area (Å²) in [5.41, 5.74) is -1.84. The van der Waals surface area contributed by atoms with Gasteiger partial charge in [0.05, 0.1) is 0 Å². The molecule has 0 spiro atoms. The summed E-state index contributed by atoms with van der Waals surface area (Å²) in [6.45, 7) is 14.5. The zero-order chi connectivity index (χ0) is 61.1. The Hall–Kier alpha value is -8.13. The van der Waals surface area contributed by atoms with Crippen LogP contribution in [0, 0.1) is 41.5 Å².